The number of nitrogens with one attached hydrogen (secondary N) is 2. The van der Waals surface area contributed by atoms with Crippen molar-refractivity contribution in [2.24, 2.45) is 0 Å². The van der Waals surface area contributed by atoms with Crippen LogP contribution in [0.5, 0.6) is 0 Å². The molecule has 5 nitrogen and oxygen atoms in total. The Kier molecular flexibility index (Phi) is 6.93. The van der Waals surface area contributed by atoms with Crippen LogP contribution in [0.2, 0.25) is 0 Å². The largest absolute Gasteiger partial charge is 0.351 e. The van der Waals surface area contributed by atoms with Gasteiger partial charge in [-0.3, -0.25) is 4.79 Å². The topological polar surface area (TPSA) is 75.3 Å². The number of halogens is 1. The molecule has 0 bridgehead atoms. The van der Waals surface area contributed by atoms with Crippen LogP contribution in [0, 0.1) is 5.82 Å². The lowest BCUT2D eigenvalue weighted by atomic mass is 9.78. The lowest BCUT2D eigenvalue weighted by Gasteiger charge is -2.28. The lowest BCUT2D eigenvalue weighted by Crippen LogP contribution is -2.42. The Labute approximate surface area is 178 Å². The summed E-state index contributed by atoms with van der Waals surface area (Å²) in [7, 11) is -3.37. The monoisotopic (exact) mass is 432 g/mol. The molecule has 0 saturated heterocycles. The van der Waals surface area contributed by atoms with E-state index in [1.165, 1.54) is 12.1 Å². The number of hydrogen-bond donors (Lipinski definition) is 2. The second kappa shape index (κ2) is 9.27. The van der Waals surface area contributed by atoms with E-state index < -0.39 is 15.4 Å². The zero-order valence-electron chi connectivity index (χ0n) is 17.4. The van der Waals surface area contributed by atoms with Gasteiger partial charge in [0.2, 0.25) is 15.9 Å². The normalized spacial score (nSPS) is 16.0. The van der Waals surface area contributed by atoms with Gasteiger partial charge in [0.1, 0.15) is 5.82 Å². The average molecular weight is 433 g/mol. The number of benzene rings is 2. The van der Waals surface area contributed by atoms with Crippen molar-refractivity contribution in [2.45, 2.75) is 63.3 Å². The van der Waals surface area contributed by atoms with Crippen molar-refractivity contribution in [1.29, 1.82) is 0 Å². The van der Waals surface area contributed by atoms with Crippen LogP contribution >= 0.6 is 0 Å². The SMILES string of the molecule is CC(C)NS(=O)(=O)Cc1ccc(CNC(=O)C2(c3ccc(F)cc3)CCCC2)cc1. The molecule has 1 fully saturated rings. The first-order chi connectivity index (χ1) is 14.2. The highest BCUT2D eigenvalue weighted by Gasteiger charge is 2.42. The van der Waals surface area contributed by atoms with E-state index in [1.807, 2.05) is 12.1 Å². The molecule has 0 aromatic heterocycles. The molecule has 2 aromatic carbocycles. The van der Waals surface area contributed by atoms with Crippen molar-refractivity contribution in [2.75, 3.05) is 0 Å². The number of carbonyl (C=O) groups excluding carboxylic acids is 1. The quantitative estimate of drug-likeness (QED) is 0.667. The average Bonchev–Trinajstić information content (AvgIpc) is 3.17. The van der Waals surface area contributed by atoms with Crippen molar-refractivity contribution in [3.63, 3.8) is 0 Å². The summed E-state index contributed by atoms with van der Waals surface area (Å²) in [6.07, 6.45) is 3.45. The number of amides is 1. The molecule has 1 aliphatic rings. The van der Waals surface area contributed by atoms with Crippen molar-refractivity contribution in [3.8, 4) is 0 Å². The van der Waals surface area contributed by atoms with Gasteiger partial charge in [-0.15, -0.1) is 0 Å². The van der Waals surface area contributed by atoms with E-state index >= 15 is 0 Å². The van der Waals surface area contributed by atoms with Gasteiger partial charge in [0.25, 0.3) is 0 Å². The molecule has 0 heterocycles. The predicted molar refractivity (Wildman–Crippen MR) is 116 cm³/mol. The second-order valence-corrected chi connectivity index (χ2v) is 10.1. The van der Waals surface area contributed by atoms with Gasteiger partial charge < -0.3 is 5.32 Å². The van der Waals surface area contributed by atoms with Gasteiger partial charge in [-0.2, -0.15) is 0 Å². The maximum Gasteiger partial charge on any atom is 0.230 e. The summed E-state index contributed by atoms with van der Waals surface area (Å²) in [6, 6.07) is 13.3. The summed E-state index contributed by atoms with van der Waals surface area (Å²) in [5.41, 5.74) is 1.84. The van der Waals surface area contributed by atoms with Crippen LogP contribution in [-0.2, 0) is 32.5 Å². The first-order valence-corrected chi connectivity index (χ1v) is 12.0. The van der Waals surface area contributed by atoms with Crippen LogP contribution in [0.25, 0.3) is 0 Å². The number of rotatable bonds is 8. The van der Waals surface area contributed by atoms with Crippen LogP contribution in [0.4, 0.5) is 4.39 Å². The third kappa shape index (κ3) is 5.46. The third-order valence-corrected chi connectivity index (χ3v) is 7.08. The maximum absolute atomic E-state index is 13.3. The van der Waals surface area contributed by atoms with E-state index in [0.717, 1.165) is 36.8 Å². The molecule has 0 aliphatic heterocycles. The van der Waals surface area contributed by atoms with Gasteiger partial charge in [-0.05, 0) is 55.5 Å². The molecule has 7 heteroatoms. The minimum Gasteiger partial charge on any atom is -0.351 e. The Bertz CT molecular complexity index is 965. The van der Waals surface area contributed by atoms with Crippen LogP contribution in [-0.4, -0.2) is 20.4 Å². The fourth-order valence-electron chi connectivity index (χ4n) is 4.12. The maximum atomic E-state index is 13.3. The van der Waals surface area contributed by atoms with Crippen LogP contribution in [0.15, 0.2) is 48.5 Å². The first-order valence-electron chi connectivity index (χ1n) is 10.3. The van der Waals surface area contributed by atoms with Crippen molar-refractivity contribution >= 4 is 15.9 Å². The van der Waals surface area contributed by atoms with Gasteiger partial charge in [0.05, 0.1) is 11.2 Å². The highest BCUT2D eigenvalue weighted by Crippen LogP contribution is 2.41. The smallest absolute Gasteiger partial charge is 0.230 e. The van der Waals surface area contributed by atoms with Crippen molar-refractivity contribution in [3.05, 3.63) is 71.0 Å². The van der Waals surface area contributed by atoms with E-state index in [4.69, 9.17) is 0 Å². The second-order valence-electron chi connectivity index (χ2n) is 8.33. The summed E-state index contributed by atoms with van der Waals surface area (Å²) in [4.78, 5) is 13.1. The van der Waals surface area contributed by atoms with Gasteiger partial charge in [-0.25, -0.2) is 17.5 Å². The van der Waals surface area contributed by atoms with Crippen LogP contribution < -0.4 is 10.0 Å². The van der Waals surface area contributed by atoms with Crippen LogP contribution in [0.3, 0.4) is 0 Å². The molecule has 1 amide bonds. The van der Waals surface area contributed by atoms with E-state index in [1.54, 1.807) is 38.1 Å². The van der Waals surface area contributed by atoms with Gasteiger partial charge >= 0.3 is 0 Å². The molecule has 162 valence electrons. The summed E-state index contributed by atoms with van der Waals surface area (Å²) in [5.74, 6) is -0.428. The Morgan fingerprint density at radius 1 is 1.00 bits per heavy atom. The molecule has 1 saturated carbocycles. The Morgan fingerprint density at radius 3 is 2.13 bits per heavy atom. The molecule has 30 heavy (non-hydrogen) atoms. The molecular formula is C23H29FN2O3S. The molecule has 0 radical (unpaired) electrons. The van der Waals surface area contributed by atoms with Crippen molar-refractivity contribution in [1.82, 2.24) is 10.0 Å². The van der Waals surface area contributed by atoms with E-state index in [9.17, 15) is 17.6 Å². The molecule has 0 unspecified atom stereocenters. The molecule has 1 aliphatic carbocycles. The predicted octanol–water partition coefficient (Wildman–Crippen LogP) is 3.78. The minimum atomic E-state index is -3.37. The fraction of sp³-hybridized carbons (Fsp3) is 0.435. The Hall–Kier alpha value is -2.25. The first kappa shape index (κ1) is 22.4. The highest BCUT2D eigenvalue weighted by atomic mass is 32.2. The summed E-state index contributed by atoms with van der Waals surface area (Å²) >= 11 is 0. The summed E-state index contributed by atoms with van der Waals surface area (Å²) < 4.78 is 40.0. The van der Waals surface area contributed by atoms with Gasteiger partial charge in [0, 0.05) is 12.6 Å². The fourth-order valence-corrected chi connectivity index (χ4v) is 5.55. The Balaban J connectivity index is 1.64. The minimum absolute atomic E-state index is 0.0422. The van der Waals surface area contributed by atoms with Crippen LogP contribution in [0.1, 0.15) is 56.2 Å². The van der Waals surface area contributed by atoms with E-state index in [0.29, 0.717) is 12.1 Å². The molecular weight excluding hydrogens is 403 g/mol. The van der Waals surface area contributed by atoms with Gasteiger partial charge in [-0.1, -0.05) is 49.2 Å². The standard InChI is InChI=1S/C23H29FN2O3S/c1-17(2)26-30(28,29)16-19-7-5-18(6-8-19)15-25-22(27)23(13-3-4-14-23)20-9-11-21(24)12-10-20/h5-12,17,26H,3-4,13-16H2,1-2H3,(H,25,27). The number of hydrogen-bond acceptors (Lipinski definition) is 3. The van der Waals surface area contributed by atoms with E-state index in [2.05, 4.69) is 10.0 Å². The van der Waals surface area contributed by atoms with E-state index in [-0.39, 0.29) is 23.5 Å². The summed E-state index contributed by atoms with van der Waals surface area (Å²) in [6.45, 7) is 3.93. The molecule has 0 atom stereocenters. The highest BCUT2D eigenvalue weighted by molar-refractivity contribution is 7.88. The molecule has 3 rings (SSSR count). The molecule has 0 spiro atoms. The summed E-state index contributed by atoms with van der Waals surface area (Å²) in [5, 5.41) is 3.03. The zero-order chi connectivity index (χ0) is 21.8. The number of carbonyl (C=O) groups is 1. The lowest BCUT2D eigenvalue weighted by molar-refractivity contribution is -0.126. The number of sulfonamides is 1. The third-order valence-electron chi connectivity index (χ3n) is 5.54. The molecule has 2 aromatic rings. The van der Waals surface area contributed by atoms with Crippen molar-refractivity contribution < 1.29 is 17.6 Å². The molecule has 2 N–H and O–H groups in total. The zero-order valence-corrected chi connectivity index (χ0v) is 18.3. The van der Waals surface area contributed by atoms with Gasteiger partial charge in [0.15, 0.2) is 0 Å². The Morgan fingerprint density at radius 2 is 1.57 bits per heavy atom.